The average molecular weight is 510 g/mol. The zero-order valence-corrected chi connectivity index (χ0v) is 19.1. The molecule has 2 aromatic rings. The van der Waals surface area contributed by atoms with E-state index in [0.717, 1.165) is 0 Å². The van der Waals surface area contributed by atoms with Gasteiger partial charge in [0.1, 0.15) is 5.75 Å². The van der Waals surface area contributed by atoms with Crippen molar-refractivity contribution >= 4 is 27.9 Å². The molecular weight excluding hydrogens is 487 g/mol. The highest BCUT2D eigenvalue weighted by Gasteiger charge is 2.42. The summed E-state index contributed by atoms with van der Waals surface area (Å²) in [6.45, 7) is 1.93. The number of rotatable bonds is 5. The Hall–Kier alpha value is -3.38. The summed E-state index contributed by atoms with van der Waals surface area (Å²) < 4.78 is 63.3. The molecule has 2 saturated heterocycles. The van der Waals surface area contributed by atoms with Gasteiger partial charge in [-0.3, -0.25) is 9.59 Å². The van der Waals surface area contributed by atoms with Gasteiger partial charge in [-0.25, -0.2) is 13.6 Å². The van der Waals surface area contributed by atoms with Crippen molar-refractivity contribution in [1.82, 2.24) is 9.80 Å². The number of amides is 2. The molecule has 186 valence electrons. The van der Waals surface area contributed by atoms with Crippen LogP contribution in [0.15, 0.2) is 59.5 Å². The van der Waals surface area contributed by atoms with Crippen molar-refractivity contribution in [3.8, 4) is 5.75 Å². The van der Waals surface area contributed by atoms with Crippen molar-refractivity contribution in [1.29, 1.82) is 0 Å². The zero-order valence-electron chi connectivity index (χ0n) is 18.3. The van der Waals surface area contributed by atoms with Crippen LogP contribution >= 0.6 is 0 Å². The lowest BCUT2D eigenvalue weighted by Gasteiger charge is -2.21. The summed E-state index contributed by atoms with van der Waals surface area (Å²) in [6, 6.07) is 10.6. The average Bonchev–Trinajstić information content (AvgIpc) is 3.36. The van der Waals surface area contributed by atoms with E-state index in [1.807, 2.05) is 0 Å². The number of carbonyl (C=O) groups excluding carboxylic acids is 2. The predicted molar refractivity (Wildman–Crippen MR) is 119 cm³/mol. The van der Waals surface area contributed by atoms with Gasteiger partial charge in [-0.05, 0) is 48.0 Å². The van der Waals surface area contributed by atoms with E-state index < -0.39 is 16.4 Å². The van der Waals surface area contributed by atoms with E-state index in [1.54, 1.807) is 9.80 Å². The molecule has 35 heavy (non-hydrogen) atoms. The maximum absolute atomic E-state index is 12.8. The lowest BCUT2D eigenvalue weighted by Crippen LogP contribution is -2.35. The number of sulfonamides is 1. The molecule has 2 heterocycles. The number of nitrogens with two attached hydrogens (primary N) is 1. The lowest BCUT2D eigenvalue weighted by atomic mass is 10.0. The van der Waals surface area contributed by atoms with E-state index in [-0.39, 0.29) is 34.3 Å². The van der Waals surface area contributed by atoms with Gasteiger partial charge in [-0.1, -0.05) is 12.1 Å². The fourth-order valence-corrected chi connectivity index (χ4v) is 4.88. The van der Waals surface area contributed by atoms with Crippen LogP contribution in [0.4, 0.5) is 13.2 Å². The molecule has 0 spiro atoms. The minimum absolute atomic E-state index is 0.0693. The van der Waals surface area contributed by atoms with Gasteiger partial charge in [-0.15, -0.1) is 13.2 Å². The highest BCUT2D eigenvalue weighted by atomic mass is 32.2. The number of benzene rings is 2. The van der Waals surface area contributed by atoms with Gasteiger partial charge in [0.05, 0.1) is 4.90 Å². The molecular formula is C23H22F3N3O5S. The SMILES string of the molecule is NS(=O)(=O)c1ccc(C(=O)N2C[C@H]3CN(C(=O)/C=C/c4ccc(OC(F)(F)F)cc4)C[C@@H]3C2)cc1. The second-order valence-corrected chi connectivity index (χ2v) is 10.1. The van der Waals surface area contributed by atoms with Crippen LogP contribution in [0.2, 0.25) is 0 Å². The standard InChI is InChI=1S/C23H22F3N3O5S/c24-23(25,26)34-19-6-1-15(2-7-19)3-10-21(30)28-11-17-13-29(14-18(17)12-28)22(31)16-4-8-20(9-5-16)35(27,32)33/h1-10,17-18H,11-14H2,(H2,27,32,33)/b10-3+/t17-,18-/m1/s1. The number of likely N-dealkylation sites (tertiary alicyclic amines) is 2. The van der Waals surface area contributed by atoms with Crippen molar-refractivity contribution in [3.05, 3.63) is 65.7 Å². The third-order valence-corrected chi connectivity index (χ3v) is 6.98. The zero-order chi connectivity index (χ0) is 25.4. The first-order chi connectivity index (χ1) is 16.4. The number of halogens is 3. The Labute approximate surface area is 199 Å². The Morgan fingerprint density at radius 3 is 1.97 bits per heavy atom. The summed E-state index contributed by atoms with van der Waals surface area (Å²) in [7, 11) is -3.84. The fraction of sp³-hybridized carbons (Fsp3) is 0.304. The molecule has 0 aliphatic carbocycles. The van der Waals surface area contributed by atoms with Crippen LogP contribution in [0, 0.1) is 11.8 Å². The molecule has 2 fully saturated rings. The summed E-state index contributed by atoms with van der Waals surface area (Å²) in [5, 5.41) is 5.08. The first-order valence-electron chi connectivity index (χ1n) is 10.6. The number of ether oxygens (including phenoxy) is 1. The molecule has 0 radical (unpaired) electrons. The van der Waals surface area contributed by atoms with E-state index in [0.29, 0.717) is 37.3 Å². The number of primary sulfonamides is 1. The van der Waals surface area contributed by atoms with Gasteiger partial charge >= 0.3 is 6.36 Å². The van der Waals surface area contributed by atoms with Crippen molar-refractivity contribution < 1.29 is 35.9 Å². The molecule has 8 nitrogen and oxygen atoms in total. The fourth-order valence-electron chi connectivity index (χ4n) is 4.36. The number of carbonyl (C=O) groups is 2. The monoisotopic (exact) mass is 509 g/mol. The highest BCUT2D eigenvalue weighted by Crippen LogP contribution is 2.32. The van der Waals surface area contributed by atoms with Gasteiger partial charge in [0.2, 0.25) is 15.9 Å². The minimum Gasteiger partial charge on any atom is -0.406 e. The van der Waals surface area contributed by atoms with Crippen LogP contribution in [-0.4, -0.2) is 62.6 Å². The van der Waals surface area contributed by atoms with Gasteiger partial charge in [-0.2, -0.15) is 0 Å². The van der Waals surface area contributed by atoms with E-state index in [2.05, 4.69) is 4.74 Å². The first kappa shape index (κ1) is 24.7. The molecule has 0 aromatic heterocycles. The molecule has 2 aliphatic heterocycles. The van der Waals surface area contributed by atoms with Crippen molar-refractivity contribution in [2.45, 2.75) is 11.3 Å². The summed E-state index contributed by atoms with van der Waals surface area (Å²) in [6.07, 6.45) is -1.87. The molecule has 0 saturated carbocycles. The van der Waals surface area contributed by atoms with E-state index in [9.17, 15) is 31.2 Å². The van der Waals surface area contributed by atoms with Gasteiger partial charge in [0.15, 0.2) is 0 Å². The van der Waals surface area contributed by atoms with Crippen LogP contribution in [0.5, 0.6) is 5.75 Å². The van der Waals surface area contributed by atoms with Crippen LogP contribution in [0.3, 0.4) is 0 Å². The Morgan fingerprint density at radius 2 is 1.46 bits per heavy atom. The molecule has 0 unspecified atom stereocenters. The number of alkyl halides is 3. The van der Waals surface area contributed by atoms with E-state index in [1.165, 1.54) is 60.7 Å². The van der Waals surface area contributed by atoms with Crippen molar-refractivity contribution in [3.63, 3.8) is 0 Å². The second-order valence-electron chi connectivity index (χ2n) is 8.49. The minimum atomic E-state index is -4.76. The van der Waals surface area contributed by atoms with E-state index in [4.69, 9.17) is 5.14 Å². The quantitative estimate of drug-likeness (QED) is 0.623. The van der Waals surface area contributed by atoms with Gasteiger partial charge in [0, 0.05) is 49.7 Å². The summed E-state index contributed by atoms with van der Waals surface area (Å²) >= 11 is 0. The molecule has 12 heteroatoms. The Morgan fingerprint density at radius 1 is 0.914 bits per heavy atom. The summed E-state index contributed by atoms with van der Waals surface area (Å²) in [5.41, 5.74) is 0.914. The molecule has 2 aliphatic rings. The third kappa shape index (κ3) is 6.01. The molecule has 2 N–H and O–H groups in total. The summed E-state index contributed by atoms with van der Waals surface area (Å²) in [4.78, 5) is 28.7. The molecule has 0 bridgehead atoms. The Kier molecular flexibility index (Phi) is 6.60. The number of nitrogens with zero attached hydrogens (tertiary/aromatic N) is 2. The van der Waals surface area contributed by atoms with Crippen LogP contribution in [0.1, 0.15) is 15.9 Å². The molecule has 2 atom stereocenters. The topological polar surface area (TPSA) is 110 Å². The number of hydrogen-bond acceptors (Lipinski definition) is 5. The molecule has 2 amide bonds. The van der Waals surface area contributed by atoms with Gasteiger partial charge in [0.25, 0.3) is 5.91 Å². The van der Waals surface area contributed by atoms with Gasteiger partial charge < -0.3 is 14.5 Å². The largest absolute Gasteiger partial charge is 0.573 e. The first-order valence-corrected chi connectivity index (χ1v) is 12.2. The maximum Gasteiger partial charge on any atom is 0.573 e. The second kappa shape index (κ2) is 9.34. The predicted octanol–water partition coefficient (Wildman–Crippen LogP) is 2.48. The van der Waals surface area contributed by atoms with Crippen molar-refractivity contribution in [2.24, 2.45) is 17.0 Å². The van der Waals surface area contributed by atoms with Crippen LogP contribution in [0.25, 0.3) is 6.08 Å². The Bertz CT molecular complexity index is 1230. The molecule has 4 rings (SSSR count). The summed E-state index contributed by atoms with van der Waals surface area (Å²) in [5.74, 6) is -0.520. The number of fused-ring (bicyclic) bond motifs is 1. The maximum atomic E-state index is 12.8. The van der Waals surface area contributed by atoms with E-state index >= 15 is 0 Å². The number of hydrogen-bond donors (Lipinski definition) is 1. The Balaban J connectivity index is 1.30. The van der Waals surface area contributed by atoms with Crippen LogP contribution in [-0.2, 0) is 14.8 Å². The third-order valence-electron chi connectivity index (χ3n) is 6.05. The lowest BCUT2D eigenvalue weighted by molar-refractivity contribution is -0.274. The normalized spacial score (nSPS) is 20.3. The smallest absolute Gasteiger partial charge is 0.406 e. The van der Waals surface area contributed by atoms with Crippen molar-refractivity contribution in [2.75, 3.05) is 26.2 Å². The van der Waals surface area contributed by atoms with Crippen LogP contribution < -0.4 is 9.88 Å². The highest BCUT2D eigenvalue weighted by molar-refractivity contribution is 7.89. The molecule has 2 aromatic carbocycles.